The summed E-state index contributed by atoms with van der Waals surface area (Å²) in [5, 5.41) is 11.7. The minimum Gasteiger partial charge on any atom is -0.465 e. The van der Waals surface area contributed by atoms with Gasteiger partial charge in [-0.3, -0.25) is 14.5 Å². The molecule has 0 spiro atoms. The van der Waals surface area contributed by atoms with Gasteiger partial charge >= 0.3 is 6.09 Å². The quantitative estimate of drug-likeness (QED) is 0.761. The van der Waals surface area contributed by atoms with Crippen molar-refractivity contribution in [3.05, 3.63) is 0 Å². The second kappa shape index (κ2) is 7.85. The lowest BCUT2D eigenvalue weighted by atomic mass is 9.99. The third kappa shape index (κ3) is 5.24. The average Bonchev–Trinajstić information content (AvgIpc) is 2.33. The van der Waals surface area contributed by atoms with Crippen molar-refractivity contribution in [3.63, 3.8) is 0 Å². The van der Waals surface area contributed by atoms with Gasteiger partial charge in [0.2, 0.25) is 11.8 Å². The lowest BCUT2D eigenvalue weighted by molar-refractivity contribution is -0.137. The van der Waals surface area contributed by atoms with Crippen LogP contribution in [0.15, 0.2) is 0 Å². The van der Waals surface area contributed by atoms with Crippen LogP contribution >= 0.6 is 0 Å². The Morgan fingerprint density at radius 3 is 1.71 bits per heavy atom. The Morgan fingerprint density at radius 2 is 1.43 bits per heavy atom. The van der Waals surface area contributed by atoms with Gasteiger partial charge in [0.15, 0.2) is 0 Å². The molecule has 0 aliphatic rings. The maximum Gasteiger partial charge on any atom is 0.407 e. The van der Waals surface area contributed by atoms with E-state index < -0.39 is 24.1 Å². The second-order valence-electron chi connectivity index (χ2n) is 6.05. The minimum atomic E-state index is -1.18. The van der Waals surface area contributed by atoms with Crippen LogP contribution in [0.2, 0.25) is 0 Å². The molecular formula is C14H27N3O4. The number of likely N-dealkylation sites (N-methyl/N-ethyl adjacent to an activating group) is 2. The maximum absolute atomic E-state index is 12.4. The van der Waals surface area contributed by atoms with Gasteiger partial charge in [0.1, 0.15) is 12.1 Å². The number of nitrogens with one attached hydrogen (secondary N) is 1. The summed E-state index contributed by atoms with van der Waals surface area (Å²) >= 11 is 0. The summed E-state index contributed by atoms with van der Waals surface area (Å²) in [4.78, 5) is 37.9. The Balaban J connectivity index is 5.19. The first-order valence-electron chi connectivity index (χ1n) is 6.98. The van der Waals surface area contributed by atoms with Crippen LogP contribution in [0.3, 0.4) is 0 Å². The molecule has 0 heterocycles. The Morgan fingerprint density at radius 1 is 0.952 bits per heavy atom. The molecule has 0 aliphatic heterocycles. The smallest absolute Gasteiger partial charge is 0.407 e. The summed E-state index contributed by atoms with van der Waals surface area (Å²) in [6.45, 7) is 7.19. The van der Waals surface area contributed by atoms with E-state index in [1.807, 2.05) is 13.8 Å². The van der Waals surface area contributed by atoms with Gasteiger partial charge in [0.25, 0.3) is 0 Å². The van der Waals surface area contributed by atoms with E-state index in [-0.39, 0.29) is 17.7 Å². The molecule has 0 aromatic heterocycles. The molecule has 0 radical (unpaired) electrons. The molecule has 122 valence electrons. The normalized spacial score (nSPS) is 13.8. The van der Waals surface area contributed by atoms with E-state index >= 15 is 0 Å². The molecule has 21 heavy (non-hydrogen) atoms. The monoisotopic (exact) mass is 301 g/mol. The van der Waals surface area contributed by atoms with Gasteiger partial charge in [-0.05, 0) is 11.8 Å². The van der Waals surface area contributed by atoms with Crippen molar-refractivity contribution in [3.8, 4) is 0 Å². The molecule has 0 bridgehead atoms. The van der Waals surface area contributed by atoms with Crippen LogP contribution in [0.4, 0.5) is 4.79 Å². The highest BCUT2D eigenvalue weighted by atomic mass is 16.4. The zero-order valence-corrected chi connectivity index (χ0v) is 13.9. The molecule has 1 unspecified atom stereocenters. The summed E-state index contributed by atoms with van der Waals surface area (Å²) in [5.41, 5.74) is 0. The zero-order chi connectivity index (χ0) is 16.9. The molecule has 3 amide bonds. The average molecular weight is 301 g/mol. The largest absolute Gasteiger partial charge is 0.465 e. The van der Waals surface area contributed by atoms with E-state index in [1.54, 1.807) is 27.9 Å². The van der Waals surface area contributed by atoms with Crippen molar-refractivity contribution in [2.75, 3.05) is 21.1 Å². The molecule has 0 rings (SSSR count). The Kier molecular flexibility index (Phi) is 7.18. The molecule has 7 heteroatoms. The first-order valence-corrected chi connectivity index (χ1v) is 6.98. The van der Waals surface area contributed by atoms with Gasteiger partial charge < -0.3 is 15.3 Å². The zero-order valence-electron chi connectivity index (χ0n) is 13.9. The molecule has 0 saturated carbocycles. The van der Waals surface area contributed by atoms with Gasteiger partial charge in [-0.15, -0.1) is 0 Å². The lowest BCUT2D eigenvalue weighted by Crippen LogP contribution is -2.56. The van der Waals surface area contributed by atoms with E-state index in [4.69, 9.17) is 5.11 Å². The molecule has 7 nitrogen and oxygen atoms in total. The fraction of sp³-hybridized carbons (Fsp3) is 0.786. The Bertz CT molecular complexity index is 394. The molecule has 2 N–H and O–H groups in total. The van der Waals surface area contributed by atoms with E-state index in [0.29, 0.717) is 0 Å². The number of carbonyl (C=O) groups excluding carboxylic acids is 2. The second-order valence-corrected chi connectivity index (χ2v) is 6.05. The highest BCUT2D eigenvalue weighted by Gasteiger charge is 2.33. The standard InChI is InChI=1S/C14H27N3O4/c1-8(2)10(13(19)16(5)6)15-12(18)11(9(3)4)17(7)14(20)21/h8-11H,1-7H3,(H,15,18)(H,20,21)/t10-,11?/m0/s1. The van der Waals surface area contributed by atoms with E-state index in [0.717, 1.165) is 4.90 Å². The highest BCUT2D eigenvalue weighted by Crippen LogP contribution is 2.12. The number of carboxylic acid groups (broad SMARTS) is 1. The third-order valence-electron chi connectivity index (χ3n) is 3.29. The molecular weight excluding hydrogens is 274 g/mol. The molecule has 0 fully saturated rings. The summed E-state index contributed by atoms with van der Waals surface area (Å²) in [7, 11) is 4.59. The van der Waals surface area contributed by atoms with Crippen LogP contribution < -0.4 is 5.32 Å². The minimum absolute atomic E-state index is 0.0909. The van der Waals surface area contributed by atoms with Gasteiger partial charge in [-0.25, -0.2) is 4.79 Å². The van der Waals surface area contributed by atoms with Crippen molar-refractivity contribution < 1.29 is 19.5 Å². The van der Waals surface area contributed by atoms with Crippen molar-refractivity contribution in [2.24, 2.45) is 11.8 Å². The molecule has 0 aliphatic carbocycles. The van der Waals surface area contributed by atoms with Crippen LogP contribution in [0.25, 0.3) is 0 Å². The summed E-state index contributed by atoms with van der Waals surface area (Å²) in [6, 6.07) is -1.50. The van der Waals surface area contributed by atoms with Crippen LogP contribution in [-0.4, -0.2) is 66.0 Å². The predicted molar refractivity (Wildman–Crippen MR) is 79.9 cm³/mol. The van der Waals surface area contributed by atoms with Crippen molar-refractivity contribution >= 4 is 17.9 Å². The Labute approximate surface area is 126 Å². The first-order chi connectivity index (χ1) is 9.50. The van der Waals surface area contributed by atoms with Crippen LogP contribution in [0.5, 0.6) is 0 Å². The lowest BCUT2D eigenvalue weighted by Gasteiger charge is -2.31. The van der Waals surface area contributed by atoms with E-state index in [2.05, 4.69) is 5.32 Å². The number of hydrogen-bond donors (Lipinski definition) is 2. The Hall–Kier alpha value is -1.79. The summed E-state index contributed by atoms with van der Waals surface area (Å²) < 4.78 is 0. The van der Waals surface area contributed by atoms with Crippen LogP contribution in [0.1, 0.15) is 27.7 Å². The van der Waals surface area contributed by atoms with Crippen LogP contribution in [0, 0.1) is 11.8 Å². The molecule has 0 saturated heterocycles. The predicted octanol–water partition coefficient (Wildman–Crippen LogP) is 0.850. The number of carbonyl (C=O) groups is 3. The van der Waals surface area contributed by atoms with Gasteiger partial charge in [0.05, 0.1) is 0 Å². The highest BCUT2D eigenvalue weighted by molar-refractivity contribution is 5.91. The van der Waals surface area contributed by atoms with Crippen molar-refractivity contribution in [1.82, 2.24) is 15.1 Å². The van der Waals surface area contributed by atoms with Crippen LogP contribution in [-0.2, 0) is 9.59 Å². The number of hydrogen-bond acceptors (Lipinski definition) is 3. The SMILES string of the molecule is CC(C)C(C(=O)N[C@H](C(=O)N(C)C)C(C)C)N(C)C(=O)O. The van der Waals surface area contributed by atoms with Gasteiger partial charge in [-0.2, -0.15) is 0 Å². The summed E-state index contributed by atoms with van der Waals surface area (Å²) in [5.74, 6) is -0.956. The van der Waals surface area contributed by atoms with Crippen molar-refractivity contribution in [1.29, 1.82) is 0 Å². The maximum atomic E-state index is 12.4. The number of amides is 3. The molecule has 0 aromatic carbocycles. The molecule has 2 atom stereocenters. The van der Waals surface area contributed by atoms with E-state index in [9.17, 15) is 14.4 Å². The van der Waals surface area contributed by atoms with Crippen molar-refractivity contribution in [2.45, 2.75) is 39.8 Å². The molecule has 0 aromatic rings. The first kappa shape index (κ1) is 19.2. The van der Waals surface area contributed by atoms with Gasteiger partial charge in [0, 0.05) is 21.1 Å². The fourth-order valence-electron chi connectivity index (χ4n) is 2.08. The summed E-state index contributed by atoms with van der Waals surface area (Å²) in [6.07, 6.45) is -1.18. The van der Waals surface area contributed by atoms with Gasteiger partial charge in [-0.1, -0.05) is 27.7 Å². The number of nitrogens with zero attached hydrogens (tertiary/aromatic N) is 2. The third-order valence-corrected chi connectivity index (χ3v) is 3.29. The topological polar surface area (TPSA) is 90.0 Å². The number of rotatable bonds is 6. The van der Waals surface area contributed by atoms with E-state index in [1.165, 1.54) is 11.9 Å². The fourth-order valence-corrected chi connectivity index (χ4v) is 2.08.